The van der Waals surface area contributed by atoms with E-state index in [1.54, 1.807) is 0 Å². The first-order valence-corrected chi connectivity index (χ1v) is 25.5. The van der Waals surface area contributed by atoms with Crippen molar-refractivity contribution >= 4 is 66.1 Å². The Kier molecular flexibility index (Phi) is 12.9. The Hall–Kier alpha value is -6.47. The maximum Gasteiger partial charge on any atom is 0.435 e. The third kappa shape index (κ3) is 10.1. The number of nitrogens with zero attached hydrogens (tertiary/aromatic N) is 7. The molecular formula is C44H37ClF10N8O8S2. The molecule has 1 saturated carbocycles. The van der Waals surface area contributed by atoms with Crippen molar-refractivity contribution < 1.29 is 80.2 Å². The summed E-state index contributed by atoms with van der Waals surface area (Å²) in [6, 6.07) is 3.21. The number of aliphatic carboxylic acids is 1. The normalized spacial score (nSPS) is 18.1. The molecular weight excluding hydrogens is 1060 g/mol. The van der Waals surface area contributed by atoms with E-state index < -0.39 is 173 Å². The van der Waals surface area contributed by atoms with Crippen LogP contribution < -0.4 is 9.62 Å². The van der Waals surface area contributed by atoms with Crippen molar-refractivity contribution in [3.63, 3.8) is 0 Å². The number of carboxylic acid groups (broad SMARTS) is 1. The second-order valence-electron chi connectivity index (χ2n) is 18.3. The van der Waals surface area contributed by atoms with Crippen molar-refractivity contribution in [2.75, 3.05) is 29.9 Å². The smallest absolute Gasteiger partial charge is 0.435 e. The van der Waals surface area contributed by atoms with Crippen LogP contribution in [0, 0.1) is 35.3 Å². The fourth-order valence-electron chi connectivity index (χ4n) is 8.71. The highest BCUT2D eigenvalue weighted by Gasteiger charge is 2.68. The molecule has 1 saturated heterocycles. The molecule has 16 nitrogen and oxygen atoms in total. The van der Waals surface area contributed by atoms with Crippen LogP contribution >= 0.6 is 11.6 Å². The van der Waals surface area contributed by atoms with Gasteiger partial charge in [-0.25, -0.2) is 35.4 Å². The summed E-state index contributed by atoms with van der Waals surface area (Å²) < 4.78 is 198. The number of sulfonamides is 1. The highest BCUT2D eigenvalue weighted by molar-refractivity contribution is 7.93. The molecule has 3 atom stereocenters. The number of carbonyl (C=O) groups is 3. The van der Waals surface area contributed by atoms with E-state index >= 15 is 8.78 Å². The third-order valence-corrected chi connectivity index (χ3v) is 15.8. The molecule has 2 aliphatic carbocycles. The summed E-state index contributed by atoms with van der Waals surface area (Å²) in [4.78, 5) is 44.8. The van der Waals surface area contributed by atoms with E-state index in [4.69, 9.17) is 11.6 Å². The number of alkyl halides is 8. The summed E-state index contributed by atoms with van der Waals surface area (Å²) in [5.74, 6) is -8.61. The minimum Gasteiger partial charge on any atom is -0.481 e. The number of fused-ring (bicyclic) bond motifs is 4. The number of sulfone groups is 1. The maximum atomic E-state index is 15.6. The topological polar surface area (TPSA) is 207 Å². The zero-order valence-corrected chi connectivity index (χ0v) is 40.4. The fraction of sp³-hybridized carbons (Fsp3) is 0.409. The molecule has 2 N–H and O–H groups in total. The Balaban J connectivity index is 1.35. The SMILES string of the molecule is CC(C)(C#Cc1ccc(-c2ccc(Cl)c3c(N(C(=O)N4CC(C(=O)O)C4)S(C)(=O)=O)nn(CC(F)(F)F)c23)c(C(Cc2cc(F)cc(F)c2)NC(=O)Cn2nc(C(F)(F)F)c3c2C(F)(F)[C@@H]2C[C@H]32)n1)S(C)(=O)=O. The monoisotopic (exact) mass is 1090 g/mol. The number of carboxylic acids is 1. The number of hydrogen-bond donors (Lipinski definition) is 2. The van der Waals surface area contributed by atoms with Gasteiger partial charge in [-0.3, -0.25) is 19.0 Å². The summed E-state index contributed by atoms with van der Waals surface area (Å²) in [6.07, 6.45) is -10.0. The van der Waals surface area contributed by atoms with Crippen LogP contribution in [-0.4, -0.2) is 106 Å². The summed E-state index contributed by atoms with van der Waals surface area (Å²) >= 11 is 6.63. The lowest BCUT2D eigenvalue weighted by molar-refractivity contribution is -0.146. The van der Waals surface area contributed by atoms with Crippen molar-refractivity contribution in [2.45, 2.75) is 74.8 Å². The van der Waals surface area contributed by atoms with Gasteiger partial charge in [-0.2, -0.15) is 49.6 Å². The van der Waals surface area contributed by atoms with Crippen LogP contribution in [0.3, 0.4) is 0 Å². The lowest BCUT2D eigenvalue weighted by atomic mass is 9.93. The standard InChI is InChI=1S/C44H37ClF10N8O8S2/c1-41(2,72(3,68)69)10-9-24-5-6-25(26-7-8-29(45)33-35(26)62(19-42(48,49)50)59-38(33)63(73(4,70)71)40(67)60-16-21(17-60)39(65)66)34(56-24)30(13-20-11-22(46)14-23(47)12-20)57-31(64)18-61-37-32(36(58-61)44(53,54)55)27-15-28(27)43(37,51)52/h5-8,11-12,14,21,27-28,30H,13,15-19H2,1-4H3,(H,57,64)(H,65,66)/t27-,28+,30?/m0/s1. The van der Waals surface area contributed by atoms with Gasteiger partial charge >= 0.3 is 24.4 Å². The zero-order chi connectivity index (χ0) is 53.9. The maximum absolute atomic E-state index is 15.6. The Morgan fingerprint density at radius 3 is 2.15 bits per heavy atom. The highest BCUT2D eigenvalue weighted by atomic mass is 35.5. The number of benzene rings is 2. The Bertz CT molecular complexity index is 3440. The number of pyridine rings is 1. The lowest BCUT2D eigenvalue weighted by Gasteiger charge is -2.38. The molecule has 29 heteroatoms. The highest BCUT2D eigenvalue weighted by Crippen LogP contribution is 2.68. The van der Waals surface area contributed by atoms with Gasteiger partial charge < -0.3 is 15.3 Å². The molecule has 8 rings (SSSR count). The number of hydrogen-bond acceptors (Lipinski definition) is 10. The third-order valence-electron chi connectivity index (χ3n) is 12.5. The van der Waals surface area contributed by atoms with Crippen LogP contribution in [0.15, 0.2) is 42.5 Å². The lowest BCUT2D eigenvalue weighted by Crippen LogP contribution is -2.58. The van der Waals surface area contributed by atoms with Gasteiger partial charge in [0.25, 0.3) is 5.92 Å². The predicted octanol–water partition coefficient (Wildman–Crippen LogP) is 7.19. The molecule has 3 aromatic heterocycles. The molecule has 0 spiro atoms. The largest absolute Gasteiger partial charge is 0.481 e. The number of amides is 3. The molecule has 5 aromatic rings. The minimum absolute atomic E-state index is 0.0159. The van der Waals surface area contributed by atoms with Gasteiger partial charge in [-0.05, 0) is 74.4 Å². The molecule has 73 heavy (non-hydrogen) atoms. The van der Waals surface area contributed by atoms with E-state index in [2.05, 4.69) is 32.3 Å². The molecule has 390 valence electrons. The van der Waals surface area contributed by atoms with Gasteiger partial charge in [0, 0.05) is 48.0 Å². The van der Waals surface area contributed by atoms with Crippen LogP contribution in [0.4, 0.5) is 54.5 Å². The van der Waals surface area contributed by atoms with E-state index in [-0.39, 0.29) is 42.5 Å². The molecule has 2 aromatic carbocycles. The number of carbonyl (C=O) groups excluding carboxylic acids is 2. The number of likely N-dealkylation sites (tertiary alicyclic amines) is 1. The van der Waals surface area contributed by atoms with E-state index in [0.29, 0.717) is 12.3 Å². The second kappa shape index (κ2) is 17.9. The number of anilines is 1. The average molecular weight is 1100 g/mol. The minimum atomic E-state index is -5.23. The van der Waals surface area contributed by atoms with Crippen molar-refractivity contribution in [2.24, 2.45) is 11.8 Å². The summed E-state index contributed by atoms with van der Waals surface area (Å²) in [5.41, 5.74) is -6.07. The summed E-state index contributed by atoms with van der Waals surface area (Å²) in [6.45, 7) is -1.89. The number of nitrogens with one attached hydrogen (secondary N) is 1. The second-order valence-corrected chi connectivity index (χ2v) is 23.1. The number of rotatable bonds is 12. The molecule has 1 unspecified atom stereocenters. The van der Waals surface area contributed by atoms with Crippen molar-refractivity contribution in [1.29, 1.82) is 0 Å². The van der Waals surface area contributed by atoms with Crippen LogP contribution in [0.25, 0.3) is 22.0 Å². The van der Waals surface area contributed by atoms with Crippen LogP contribution in [0.5, 0.6) is 0 Å². The van der Waals surface area contributed by atoms with Crippen LogP contribution in [0.1, 0.15) is 66.1 Å². The summed E-state index contributed by atoms with van der Waals surface area (Å²) in [5, 5.41) is 18.0. The van der Waals surface area contributed by atoms with Crippen LogP contribution in [0.2, 0.25) is 5.02 Å². The fourth-order valence-corrected chi connectivity index (χ4v) is 10.0. The van der Waals surface area contributed by atoms with Crippen molar-refractivity contribution in [3.05, 3.63) is 93.0 Å². The van der Waals surface area contributed by atoms with E-state index in [1.165, 1.54) is 13.8 Å². The molecule has 2 fully saturated rings. The van der Waals surface area contributed by atoms with Gasteiger partial charge in [-0.15, -0.1) is 0 Å². The van der Waals surface area contributed by atoms with Gasteiger partial charge in [-0.1, -0.05) is 23.6 Å². The van der Waals surface area contributed by atoms with Crippen molar-refractivity contribution in [1.82, 2.24) is 34.8 Å². The quantitative estimate of drug-likeness (QED) is 0.0944. The number of urea groups is 1. The number of aromatic nitrogens is 5. The molecule has 0 radical (unpaired) electrons. The van der Waals surface area contributed by atoms with Crippen molar-refractivity contribution in [3.8, 4) is 23.0 Å². The molecule has 4 heterocycles. The Labute approximate surface area is 412 Å². The number of halogens is 11. The first kappa shape index (κ1) is 52.8. The predicted molar refractivity (Wildman–Crippen MR) is 238 cm³/mol. The molecule has 0 bridgehead atoms. The average Bonchev–Trinajstić information content (AvgIpc) is 3.73. The zero-order valence-electron chi connectivity index (χ0n) is 38.0. The summed E-state index contributed by atoms with van der Waals surface area (Å²) in [7, 11) is -8.79. The van der Waals surface area contributed by atoms with E-state index in [1.807, 2.05) is 0 Å². The van der Waals surface area contributed by atoms with Gasteiger partial charge in [0.2, 0.25) is 15.9 Å². The van der Waals surface area contributed by atoms with E-state index in [9.17, 15) is 71.4 Å². The molecule has 1 aliphatic heterocycles. The first-order valence-electron chi connectivity index (χ1n) is 21.4. The molecule has 3 aliphatic rings. The van der Waals surface area contributed by atoms with E-state index in [0.717, 1.165) is 47.6 Å². The van der Waals surface area contributed by atoms with Gasteiger partial charge in [0.1, 0.15) is 40.9 Å². The van der Waals surface area contributed by atoms with Gasteiger partial charge in [0.05, 0.1) is 39.8 Å². The Morgan fingerprint density at radius 1 is 0.945 bits per heavy atom. The first-order chi connectivity index (χ1) is 33.6. The Morgan fingerprint density at radius 2 is 1.58 bits per heavy atom. The van der Waals surface area contributed by atoms with Gasteiger partial charge in [0.15, 0.2) is 21.3 Å². The molecule has 3 amide bonds. The van der Waals surface area contributed by atoms with Crippen LogP contribution in [-0.2, 0) is 61.1 Å².